The fraction of sp³-hybridized carbons (Fsp3) is 0.308. The van der Waals surface area contributed by atoms with Gasteiger partial charge in [-0.2, -0.15) is 0 Å². The molecule has 0 aliphatic carbocycles. The third-order valence-corrected chi connectivity index (χ3v) is 2.67. The minimum atomic E-state index is 0.101. The highest BCUT2D eigenvalue weighted by atomic mass is 16.3. The van der Waals surface area contributed by atoms with Gasteiger partial charge in [0, 0.05) is 31.0 Å². The van der Waals surface area contributed by atoms with Crippen LogP contribution >= 0.6 is 0 Å². The van der Waals surface area contributed by atoms with Crippen molar-refractivity contribution in [2.45, 2.75) is 6.92 Å². The number of aryl methyl sites for hydroxylation is 1. The number of rotatable bonds is 4. The number of aliphatic hydroxyl groups is 1. The van der Waals surface area contributed by atoms with Crippen molar-refractivity contribution in [2.75, 3.05) is 25.1 Å². The van der Waals surface area contributed by atoms with Crippen molar-refractivity contribution in [1.29, 1.82) is 0 Å². The van der Waals surface area contributed by atoms with Gasteiger partial charge in [-0.15, -0.1) is 10.2 Å². The lowest BCUT2D eigenvalue weighted by Crippen LogP contribution is -2.22. The van der Waals surface area contributed by atoms with Gasteiger partial charge in [0.25, 0.3) is 0 Å². The van der Waals surface area contributed by atoms with Crippen molar-refractivity contribution in [3.05, 3.63) is 36.2 Å². The molecule has 94 valence electrons. The molecule has 0 radical (unpaired) electrons. The number of nitrogens with zero attached hydrogens (tertiary/aromatic N) is 4. The largest absolute Gasteiger partial charge is 0.395 e. The van der Waals surface area contributed by atoms with Crippen molar-refractivity contribution < 1.29 is 5.11 Å². The number of pyridine rings is 1. The van der Waals surface area contributed by atoms with Gasteiger partial charge in [0.1, 0.15) is 0 Å². The van der Waals surface area contributed by atoms with E-state index in [1.807, 2.05) is 43.1 Å². The average molecular weight is 244 g/mol. The third-order valence-electron chi connectivity index (χ3n) is 2.67. The van der Waals surface area contributed by atoms with Gasteiger partial charge >= 0.3 is 0 Å². The molecule has 0 saturated carbocycles. The van der Waals surface area contributed by atoms with Crippen LogP contribution in [0.2, 0.25) is 0 Å². The summed E-state index contributed by atoms with van der Waals surface area (Å²) in [6, 6.07) is 7.70. The second kappa shape index (κ2) is 5.55. The number of likely N-dealkylation sites (N-methyl/N-ethyl adjacent to an activating group) is 1. The molecule has 2 aromatic heterocycles. The second-order valence-corrected chi connectivity index (χ2v) is 4.11. The molecule has 0 amide bonds. The van der Waals surface area contributed by atoms with Crippen LogP contribution in [0.25, 0.3) is 11.3 Å². The van der Waals surface area contributed by atoms with Crippen LogP contribution in [0.5, 0.6) is 0 Å². The fourth-order valence-electron chi connectivity index (χ4n) is 1.65. The Morgan fingerprint density at radius 1 is 1.22 bits per heavy atom. The normalized spacial score (nSPS) is 10.4. The number of anilines is 1. The Morgan fingerprint density at radius 3 is 2.67 bits per heavy atom. The molecule has 0 aromatic carbocycles. The quantitative estimate of drug-likeness (QED) is 0.877. The molecular weight excluding hydrogens is 228 g/mol. The molecule has 0 bridgehead atoms. The first-order valence-electron chi connectivity index (χ1n) is 5.79. The summed E-state index contributed by atoms with van der Waals surface area (Å²) in [4.78, 5) is 6.01. The minimum absolute atomic E-state index is 0.101. The molecular formula is C13H16N4O. The molecule has 0 saturated heterocycles. The van der Waals surface area contributed by atoms with E-state index in [1.165, 1.54) is 0 Å². The van der Waals surface area contributed by atoms with Crippen LogP contribution in [-0.2, 0) is 0 Å². The zero-order valence-electron chi connectivity index (χ0n) is 10.5. The summed E-state index contributed by atoms with van der Waals surface area (Å²) in [6.07, 6.45) is 1.76. The maximum Gasteiger partial charge on any atom is 0.151 e. The number of hydrogen-bond acceptors (Lipinski definition) is 5. The lowest BCUT2D eigenvalue weighted by atomic mass is 10.1. The Balaban J connectivity index is 2.22. The van der Waals surface area contributed by atoms with E-state index >= 15 is 0 Å². The van der Waals surface area contributed by atoms with E-state index < -0.39 is 0 Å². The second-order valence-electron chi connectivity index (χ2n) is 4.11. The standard InChI is InChI=1S/C13H16N4O/c1-10-9-11(5-6-14-10)12-3-4-13(16-15-12)17(2)7-8-18/h3-6,9,18H,7-8H2,1-2H3. The highest BCUT2D eigenvalue weighted by Crippen LogP contribution is 2.17. The topological polar surface area (TPSA) is 62.1 Å². The van der Waals surface area contributed by atoms with E-state index in [4.69, 9.17) is 5.11 Å². The van der Waals surface area contributed by atoms with Crippen LogP contribution < -0.4 is 4.90 Å². The molecule has 18 heavy (non-hydrogen) atoms. The fourth-order valence-corrected chi connectivity index (χ4v) is 1.65. The Bertz CT molecular complexity index is 513. The van der Waals surface area contributed by atoms with Crippen LogP contribution in [0, 0.1) is 6.92 Å². The monoisotopic (exact) mass is 244 g/mol. The molecule has 5 heteroatoms. The van der Waals surface area contributed by atoms with E-state index in [2.05, 4.69) is 15.2 Å². The molecule has 2 heterocycles. The molecule has 2 aromatic rings. The van der Waals surface area contributed by atoms with Crippen LogP contribution in [0.3, 0.4) is 0 Å². The minimum Gasteiger partial charge on any atom is -0.395 e. The third kappa shape index (κ3) is 2.81. The molecule has 0 aliphatic rings. The number of hydrogen-bond donors (Lipinski definition) is 1. The predicted molar refractivity (Wildman–Crippen MR) is 70.4 cm³/mol. The smallest absolute Gasteiger partial charge is 0.151 e. The molecule has 0 atom stereocenters. The lowest BCUT2D eigenvalue weighted by Gasteiger charge is -2.15. The van der Waals surface area contributed by atoms with E-state index in [0.717, 1.165) is 22.8 Å². The summed E-state index contributed by atoms with van der Waals surface area (Å²) < 4.78 is 0. The predicted octanol–water partition coefficient (Wildman–Crippen LogP) is 1.28. The van der Waals surface area contributed by atoms with Crippen LogP contribution in [-0.4, -0.2) is 40.5 Å². The van der Waals surface area contributed by atoms with Gasteiger partial charge in [0.15, 0.2) is 5.82 Å². The summed E-state index contributed by atoms with van der Waals surface area (Å²) in [5, 5.41) is 17.2. The molecule has 0 fully saturated rings. The van der Waals surface area contributed by atoms with Gasteiger partial charge in [-0.25, -0.2) is 0 Å². The Hall–Kier alpha value is -2.01. The maximum absolute atomic E-state index is 8.86. The van der Waals surface area contributed by atoms with Crippen LogP contribution in [0.1, 0.15) is 5.69 Å². The van der Waals surface area contributed by atoms with Crippen molar-refractivity contribution in [2.24, 2.45) is 0 Å². The van der Waals surface area contributed by atoms with Crippen molar-refractivity contribution in [3.63, 3.8) is 0 Å². The van der Waals surface area contributed by atoms with Crippen LogP contribution in [0.4, 0.5) is 5.82 Å². The van der Waals surface area contributed by atoms with Gasteiger partial charge in [0.2, 0.25) is 0 Å². The summed E-state index contributed by atoms with van der Waals surface area (Å²) in [5.41, 5.74) is 2.78. The lowest BCUT2D eigenvalue weighted by molar-refractivity contribution is 0.303. The van der Waals surface area contributed by atoms with Crippen molar-refractivity contribution in [1.82, 2.24) is 15.2 Å². The number of aliphatic hydroxyl groups excluding tert-OH is 1. The summed E-state index contributed by atoms with van der Waals surface area (Å²) >= 11 is 0. The first kappa shape index (κ1) is 12.4. The van der Waals surface area contributed by atoms with Gasteiger partial charge in [-0.05, 0) is 31.2 Å². The summed E-state index contributed by atoms with van der Waals surface area (Å²) in [7, 11) is 1.87. The van der Waals surface area contributed by atoms with E-state index in [-0.39, 0.29) is 6.61 Å². The molecule has 5 nitrogen and oxygen atoms in total. The van der Waals surface area contributed by atoms with Gasteiger partial charge < -0.3 is 10.0 Å². The highest BCUT2D eigenvalue weighted by molar-refractivity contribution is 5.59. The summed E-state index contributed by atoms with van der Waals surface area (Å²) in [5.74, 6) is 0.749. The molecule has 2 rings (SSSR count). The highest BCUT2D eigenvalue weighted by Gasteiger charge is 2.04. The zero-order valence-corrected chi connectivity index (χ0v) is 10.5. The zero-order chi connectivity index (χ0) is 13.0. The van der Waals surface area contributed by atoms with E-state index in [1.54, 1.807) is 6.20 Å². The molecule has 0 unspecified atom stereocenters. The van der Waals surface area contributed by atoms with E-state index in [9.17, 15) is 0 Å². The maximum atomic E-state index is 8.86. The molecule has 0 spiro atoms. The first-order valence-corrected chi connectivity index (χ1v) is 5.79. The number of aromatic nitrogens is 3. The Kier molecular flexibility index (Phi) is 3.84. The van der Waals surface area contributed by atoms with Crippen LogP contribution in [0.15, 0.2) is 30.5 Å². The Morgan fingerprint density at radius 2 is 2.06 bits per heavy atom. The summed E-state index contributed by atoms with van der Waals surface area (Å²) in [6.45, 7) is 2.59. The SMILES string of the molecule is Cc1cc(-c2ccc(N(C)CCO)nn2)ccn1. The van der Waals surface area contributed by atoms with Gasteiger partial charge in [-0.3, -0.25) is 4.98 Å². The molecule has 1 N–H and O–H groups in total. The molecule has 0 aliphatic heterocycles. The average Bonchev–Trinajstić information content (AvgIpc) is 2.39. The van der Waals surface area contributed by atoms with E-state index in [0.29, 0.717) is 6.54 Å². The van der Waals surface area contributed by atoms with Gasteiger partial charge in [0.05, 0.1) is 12.3 Å². The van der Waals surface area contributed by atoms with Gasteiger partial charge in [-0.1, -0.05) is 0 Å². The van der Waals surface area contributed by atoms with Crippen molar-refractivity contribution >= 4 is 5.82 Å². The van der Waals surface area contributed by atoms with Crippen molar-refractivity contribution in [3.8, 4) is 11.3 Å². The first-order chi connectivity index (χ1) is 8.70. The Labute approximate surface area is 106 Å².